The molecule has 0 fully saturated rings. The zero-order valence-corrected chi connectivity index (χ0v) is 13.3. The van der Waals surface area contributed by atoms with Gasteiger partial charge in [0.05, 0.1) is 7.11 Å². The smallest absolute Gasteiger partial charge is 0.123 e. The Kier molecular flexibility index (Phi) is 5.64. The van der Waals surface area contributed by atoms with Crippen LogP contribution in [-0.4, -0.2) is 17.2 Å². The normalized spacial score (nSPS) is 10.6. The molecule has 3 N–H and O–H groups in total. The molecule has 1 heterocycles. The third kappa shape index (κ3) is 4.65. The van der Waals surface area contributed by atoms with Gasteiger partial charge >= 0.3 is 0 Å². The number of aromatic hydroxyl groups is 1. The molecule has 0 bridgehead atoms. The number of unbranched alkanes of at least 4 members (excludes halogenated alkanes) is 2. The first kappa shape index (κ1) is 16.1. The van der Waals surface area contributed by atoms with E-state index in [1.807, 2.05) is 19.1 Å². The van der Waals surface area contributed by atoms with Crippen LogP contribution < -0.4 is 10.5 Å². The fourth-order valence-electron chi connectivity index (χ4n) is 2.58. The number of nitrogens with two attached hydrogens (primary N) is 1. The van der Waals surface area contributed by atoms with Gasteiger partial charge in [0.15, 0.2) is 0 Å². The molecule has 0 radical (unpaired) electrons. The Balaban J connectivity index is 1.77. The summed E-state index contributed by atoms with van der Waals surface area (Å²) in [7, 11) is 1.64. The van der Waals surface area contributed by atoms with Crippen molar-refractivity contribution in [3.63, 3.8) is 0 Å². The first-order chi connectivity index (χ1) is 10.6. The molecule has 0 saturated carbocycles. The highest BCUT2D eigenvalue weighted by Crippen LogP contribution is 2.24. The van der Waals surface area contributed by atoms with E-state index in [1.54, 1.807) is 19.2 Å². The Morgan fingerprint density at radius 2 is 1.86 bits per heavy atom. The van der Waals surface area contributed by atoms with Crippen molar-refractivity contribution >= 4 is 5.82 Å². The maximum absolute atomic E-state index is 9.85. The summed E-state index contributed by atoms with van der Waals surface area (Å²) in [6, 6.07) is 9.33. The van der Waals surface area contributed by atoms with Gasteiger partial charge in [-0.15, -0.1) is 0 Å². The quantitative estimate of drug-likeness (QED) is 0.766. The minimum atomic E-state index is 0.342. The van der Waals surface area contributed by atoms with E-state index in [2.05, 4.69) is 11.1 Å². The monoisotopic (exact) mass is 300 g/mol. The average Bonchev–Trinajstić information content (AvgIpc) is 2.47. The van der Waals surface area contributed by atoms with E-state index in [1.165, 1.54) is 0 Å². The van der Waals surface area contributed by atoms with Gasteiger partial charge in [0.2, 0.25) is 0 Å². The molecule has 1 aromatic carbocycles. The van der Waals surface area contributed by atoms with Gasteiger partial charge in [0.1, 0.15) is 17.3 Å². The Hall–Kier alpha value is -2.23. The molecule has 22 heavy (non-hydrogen) atoms. The van der Waals surface area contributed by atoms with Crippen LogP contribution in [0.15, 0.2) is 30.3 Å². The maximum atomic E-state index is 9.85. The van der Waals surface area contributed by atoms with E-state index >= 15 is 0 Å². The zero-order valence-electron chi connectivity index (χ0n) is 13.3. The minimum Gasteiger partial charge on any atom is -0.508 e. The Bertz CT molecular complexity index is 606. The second-order valence-electron chi connectivity index (χ2n) is 5.62. The number of hydrogen-bond donors (Lipinski definition) is 2. The molecule has 0 spiro atoms. The summed E-state index contributed by atoms with van der Waals surface area (Å²) in [4.78, 5) is 4.35. The minimum absolute atomic E-state index is 0.342. The number of phenolic OH excluding ortho intramolecular Hbond substituents is 1. The Labute approximate surface area is 132 Å². The highest BCUT2D eigenvalue weighted by atomic mass is 16.5. The number of methoxy groups -OCH3 is 1. The van der Waals surface area contributed by atoms with E-state index in [0.29, 0.717) is 11.6 Å². The van der Waals surface area contributed by atoms with Gasteiger partial charge in [-0.2, -0.15) is 0 Å². The predicted molar refractivity (Wildman–Crippen MR) is 89.3 cm³/mol. The van der Waals surface area contributed by atoms with Crippen LogP contribution in [0.4, 0.5) is 5.82 Å². The van der Waals surface area contributed by atoms with Crippen molar-refractivity contribution in [3.8, 4) is 11.5 Å². The Morgan fingerprint density at radius 1 is 1.09 bits per heavy atom. The lowest BCUT2D eigenvalue weighted by Crippen LogP contribution is -1.97. The predicted octanol–water partition coefficient (Wildman–Crippen LogP) is 3.64. The lowest BCUT2D eigenvalue weighted by Gasteiger charge is -2.07. The molecule has 0 atom stereocenters. The summed E-state index contributed by atoms with van der Waals surface area (Å²) in [5.74, 6) is 1.72. The number of aromatic nitrogens is 1. The fourth-order valence-corrected chi connectivity index (χ4v) is 2.58. The first-order valence-electron chi connectivity index (χ1n) is 7.67. The van der Waals surface area contributed by atoms with Crippen LogP contribution in [0.1, 0.15) is 36.1 Å². The SMILES string of the molecule is COc1ccc(O)c(CCCCCc2cc(C)cc(N)n2)c1. The molecule has 118 valence electrons. The van der Waals surface area contributed by atoms with E-state index in [4.69, 9.17) is 10.5 Å². The fraction of sp³-hybridized carbons (Fsp3) is 0.389. The van der Waals surface area contributed by atoms with Crippen LogP contribution in [0.3, 0.4) is 0 Å². The van der Waals surface area contributed by atoms with Crippen molar-refractivity contribution in [2.75, 3.05) is 12.8 Å². The maximum Gasteiger partial charge on any atom is 0.123 e. The molecular formula is C18H24N2O2. The van der Waals surface area contributed by atoms with Gasteiger partial charge in [0.25, 0.3) is 0 Å². The number of phenols is 1. The average molecular weight is 300 g/mol. The number of ether oxygens (including phenoxy) is 1. The number of hydrogen-bond acceptors (Lipinski definition) is 4. The van der Waals surface area contributed by atoms with Gasteiger partial charge in [-0.1, -0.05) is 6.42 Å². The van der Waals surface area contributed by atoms with Crippen molar-refractivity contribution < 1.29 is 9.84 Å². The highest BCUT2D eigenvalue weighted by Gasteiger charge is 2.04. The van der Waals surface area contributed by atoms with E-state index in [0.717, 1.165) is 54.7 Å². The first-order valence-corrected chi connectivity index (χ1v) is 7.67. The standard InChI is InChI=1S/C18H24N2O2/c1-13-10-15(20-18(19)11-13)7-5-3-4-6-14-12-16(22-2)8-9-17(14)21/h8-12,21H,3-7H2,1-2H3,(H2,19,20). The summed E-state index contributed by atoms with van der Waals surface area (Å²) in [5.41, 5.74) is 8.91. The van der Waals surface area contributed by atoms with Crippen LogP contribution in [0.5, 0.6) is 11.5 Å². The van der Waals surface area contributed by atoms with Crippen LogP contribution in [0.2, 0.25) is 0 Å². The number of benzene rings is 1. The van der Waals surface area contributed by atoms with Gasteiger partial charge in [-0.3, -0.25) is 0 Å². The summed E-state index contributed by atoms with van der Waals surface area (Å²) < 4.78 is 5.19. The third-order valence-corrected chi connectivity index (χ3v) is 3.71. The molecule has 4 heteroatoms. The summed E-state index contributed by atoms with van der Waals surface area (Å²) in [5, 5.41) is 9.85. The molecule has 4 nitrogen and oxygen atoms in total. The van der Waals surface area contributed by atoms with Crippen LogP contribution >= 0.6 is 0 Å². The molecule has 0 aliphatic rings. The third-order valence-electron chi connectivity index (χ3n) is 3.71. The van der Waals surface area contributed by atoms with Gasteiger partial charge in [-0.25, -0.2) is 4.98 Å². The lowest BCUT2D eigenvalue weighted by atomic mass is 10.0. The molecule has 0 saturated heterocycles. The number of rotatable bonds is 7. The van der Waals surface area contributed by atoms with Crippen LogP contribution in [0.25, 0.3) is 0 Å². The number of aryl methyl sites for hydroxylation is 3. The summed E-state index contributed by atoms with van der Waals surface area (Å²) >= 11 is 0. The van der Waals surface area contributed by atoms with Crippen molar-refractivity contribution in [2.45, 2.75) is 39.0 Å². The molecule has 0 unspecified atom stereocenters. The van der Waals surface area contributed by atoms with Crippen molar-refractivity contribution in [2.24, 2.45) is 0 Å². The number of nitrogens with zero attached hydrogens (tertiary/aromatic N) is 1. The van der Waals surface area contributed by atoms with Gasteiger partial charge in [-0.05, 0) is 74.1 Å². The van der Waals surface area contributed by atoms with Crippen LogP contribution in [0, 0.1) is 6.92 Å². The number of anilines is 1. The lowest BCUT2D eigenvalue weighted by molar-refractivity contribution is 0.410. The van der Waals surface area contributed by atoms with E-state index < -0.39 is 0 Å². The number of nitrogen functional groups attached to an aromatic ring is 1. The van der Waals surface area contributed by atoms with Crippen LogP contribution in [-0.2, 0) is 12.8 Å². The molecular weight excluding hydrogens is 276 g/mol. The zero-order chi connectivity index (χ0) is 15.9. The Morgan fingerprint density at radius 3 is 2.59 bits per heavy atom. The summed E-state index contributed by atoms with van der Waals surface area (Å²) in [6.07, 6.45) is 4.98. The molecule has 0 amide bonds. The number of pyridine rings is 1. The van der Waals surface area contributed by atoms with Crippen molar-refractivity contribution in [1.29, 1.82) is 0 Å². The van der Waals surface area contributed by atoms with Gasteiger partial charge in [0, 0.05) is 5.69 Å². The highest BCUT2D eigenvalue weighted by molar-refractivity contribution is 5.39. The molecule has 2 rings (SSSR count). The molecule has 2 aromatic rings. The second kappa shape index (κ2) is 7.69. The van der Waals surface area contributed by atoms with E-state index in [-0.39, 0.29) is 0 Å². The van der Waals surface area contributed by atoms with Gasteiger partial charge < -0.3 is 15.6 Å². The topological polar surface area (TPSA) is 68.4 Å². The van der Waals surface area contributed by atoms with E-state index in [9.17, 15) is 5.11 Å². The molecule has 0 aliphatic heterocycles. The molecule has 0 aliphatic carbocycles. The largest absolute Gasteiger partial charge is 0.508 e. The summed E-state index contributed by atoms with van der Waals surface area (Å²) in [6.45, 7) is 2.03. The second-order valence-corrected chi connectivity index (χ2v) is 5.62. The molecule has 1 aromatic heterocycles. The van der Waals surface area contributed by atoms with Crippen molar-refractivity contribution in [3.05, 3.63) is 47.2 Å². The van der Waals surface area contributed by atoms with Crippen molar-refractivity contribution in [1.82, 2.24) is 4.98 Å².